The number of carbonyl (C=O) groups excluding carboxylic acids is 1. The van der Waals surface area contributed by atoms with Gasteiger partial charge in [0.2, 0.25) is 0 Å². The van der Waals surface area contributed by atoms with Gasteiger partial charge in [-0.2, -0.15) is 0 Å². The first-order chi connectivity index (χ1) is 9.40. The van der Waals surface area contributed by atoms with E-state index in [2.05, 4.69) is 37.2 Å². The van der Waals surface area contributed by atoms with Crippen molar-refractivity contribution in [2.45, 2.75) is 0 Å². The number of carbonyl (C=O) groups is 1. The van der Waals surface area contributed by atoms with Crippen molar-refractivity contribution >= 4 is 43.5 Å². The summed E-state index contributed by atoms with van der Waals surface area (Å²) in [7, 11) is 0. The third kappa shape index (κ3) is 3.04. The number of amides is 1. The fourth-order valence-corrected chi connectivity index (χ4v) is 2.69. The second kappa shape index (κ2) is 5.97. The van der Waals surface area contributed by atoms with Gasteiger partial charge >= 0.3 is 0 Å². The molecule has 0 aliphatic carbocycles. The van der Waals surface area contributed by atoms with E-state index in [1.165, 1.54) is 0 Å². The summed E-state index contributed by atoms with van der Waals surface area (Å²) in [5.74, 6) is -5.19. The zero-order chi connectivity index (χ0) is 14.9. The fraction of sp³-hybridized carbons (Fsp3) is 0. The summed E-state index contributed by atoms with van der Waals surface area (Å²) in [6, 6.07) is 6.39. The molecule has 2 aromatic rings. The highest BCUT2D eigenvalue weighted by Crippen LogP contribution is 2.31. The van der Waals surface area contributed by atoms with Crippen LogP contribution in [0.25, 0.3) is 0 Å². The van der Waals surface area contributed by atoms with E-state index >= 15 is 0 Å². The molecule has 20 heavy (non-hydrogen) atoms. The largest absolute Gasteiger partial charge is 0.320 e. The van der Waals surface area contributed by atoms with Crippen LogP contribution in [0.1, 0.15) is 10.4 Å². The average molecular weight is 409 g/mol. The Kier molecular flexibility index (Phi) is 4.49. The second-order valence-corrected chi connectivity index (χ2v) is 5.51. The van der Waals surface area contributed by atoms with Gasteiger partial charge in [0.05, 0.1) is 5.69 Å². The zero-order valence-electron chi connectivity index (χ0n) is 9.68. The lowest BCUT2D eigenvalue weighted by molar-refractivity contribution is 0.102. The van der Waals surface area contributed by atoms with Crippen molar-refractivity contribution in [3.05, 3.63) is 62.3 Å². The number of anilines is 1. The Morgan fingerprint density at radius 3 is 2.00 bits per heavy atom. The van der Waals surface area contributed by atoms with E-state index in [1.807, 2.05) is 0 Å². The van der Waals surface area contributed by atoms with Crippen LogP contribution in [0, 0.1) is 17.5 Å². The maximum Gasteiger partial charge on any atom is 0.255 e. The first-order valence-corrected chi connectivity index (χ1v) is 6.88. The molecule has 7 heteroatoms. The van der Waals surface area contributed by atoms with E-state index in [1.54, 1.807) is 18.2 Å². The molecule has 0 atom stereocenters. The molecule has 0 radical (unpaired) electrons. The minimum atomic E-state index is -1.61. The summed E-state index contributed by atoms with van der Waals surface area (Å²) in [6.45, 7) is 0. The van der Waals surface area contributed by atoms with Crippen LogP contribution >= 0.6 is 31.9 Å². The molecule has 0 bridgehead atoms. The van der Waals surface area contributed by atoms with E-state index in [9.17, 15) is 18.0 Å². The van der Waals surface area contributed by atoms with E-state index in [-0.39, 0.29) is 5.56 Å². The number of para-hydroxylation sites is 1. The summed E-state index contributed by atoms with van der Waals surface area (Å²) in [4.78, 5) is 11.9. The molecule has 0 aliphatic rings. The Balaban J connectivity index is 2.34. The number of rotatable bonds is 2. The zero-order valence-corrected chi connectivity index (χ0v) is 12.9. The molecule has 0 saturated carbocycles. The highest BCUT2D eigenvalue weighted by Gasteiger charge is 2.16. The quantitative estimate of drug-likeness (QED) is 0.705. The molecule has 2 aromatic carbocycles. The van der Waals surface area contributed by atoms with E-state index in [0.717, 1.165) is 0 Å². The fourth-order valence-electron chi connectivity index (χ4n) is 1.49. The number of halogens is 5. The van der Waals surface area contributed by atoms with Gasteiger partial charge in [-0.3, -0.25) is 4.79 Å². The van der Waals surface area contributed by atoms with Gasteiger partial charge in [-0.05, 0) is 56.1 Å². The van der Waals surface area contributed by atoms with Crippen molar-refractivity contribution in [1.29, 1.82) is 0 Å². The topological polar surface area (TPSA) is 29.1 Å². The molecule has 0 aliphatic heterocycles. The standard InChI is InChI=1S/C13H6Br2F3NO/c14-7-2-1-3-8(15)12(7)19-13(20)6-4-9(16)11(18)10(17)5-6/h1-5H,(H,19,20). The molecule has 0 saturated heterocycles. The van der Waals surface area contributed by atoms with Gasteiger partial charge in [-0.25, -0.2) is 13.2 Å². The van der Waals surface area contributed by atoms with Gasteiger partial charge in [0.25, 0.3) is 5.91 Å². The molecule has 0 spiro atoms. The van der Waals surface area contributed by atoms with Crippen LogP contribution in [0.2, 0.25) is 0 Å². The Morgan fingerprint density at radius 2 is 1.50 bits per heavy atom. The van der Waals surface area contributed by atoms with Crippen LogP contribution in [0.3, 0.4) is 0 Å². The molecule has 0 heterocycles. The van der Waals surface area contributed by atoms with E-state index in [0.29, 0.717) is 26.8 Å². The third-order valence-electron chi connectivity index (χ3n) is 2.45. The summed E-state index contributed by atoms with van der Waals surface area (Å²) in [6.07, 6.45) is 0. The highest BCUT2D eigenvalue weighted by molar-refractivity contribution is 9.11. The molecule has 1 N–H and O–H groups in total. The number of hydrogen-bond donors (Lipinski definition) is 1. The predicted molar refractivity (Wildman–Crippen MR) is 76.1 cm³/mol. The van der Waals surface area contributed by atoms with Crippen LogP contribution in [0.5, 0.6) is 0 Å². The summed E-state index contributed by atoms with van der Waals surface area (Å²) in [5.41, 5.74) is 0.0895. The summed E-state index contributed by atoms with van der Waals surface area (Å²) < 4.78 is 40.2. The molecule has 104 valence electrons. The number of nitrogens with one attached hydrogen (secondary N) is 1. The van der Waals surface area contributed by atoms with Crippen molar-refractivity contribution in [3.63, 3.8) is 0 Å². The minimum Gasteiger partial charge on any atom is -0.320 e. The van der Waals surface area contributed by atoms with Crippen LogP contribution in [0.4, 0.5) is 18.9 Å². The number of benzene rings is 2. The maximum atomic E-state index is 13.1. The third-order valence-corrected chi connectivity index (χ3v) is 3.77. The van der Waals surface area contributed by atoms with Crippen LogP contribution < -0.4 is 5.32 Å². The van der Waals surface area contributed by atoms with Crippen LogP contribution in [-0.4, -0.2) is 5.91 Å². The number of hydrogen-bond acceptors (Lipinski definition) is 1. The molecule has 2 nitrogen and oxygen atoms in total. The lowest BCUT2D eigenvalue weighted by Crippen LogP contribution is -2.14. The predicted octanol–water partition coefficient (Wildman–Crippen LogP) is 4.88. The molecular weight excluding hydrogens is 403 g/mol. The molecule has 0 aromatic heterocycles. The van der Waals surface area contributed by atoms with Gasteiger partial charge < -0.3 is 5.32 Å². The molecule has 2 rings (SSSR count). The van der Waals surface area contributed by atoms with E-state index < -0.39 is 23.4 Å². The van der Waals surface area contributed by atoms with Crippen molar-refractivity contribution in [1.82, 2.24) is 0 Å². The van der Waals surface area contributed by atoms with Gasteiger partial charge in [0.15, 0.2) is 17.5 Å². The van der Waals surface area contributed by atoms with Gasteiger partial charge in [-0.1, -0.05) is 6.07 Å². The Hall–Kier alpha value is -1.34. The Morgan fingerprint density at radius 1 is 1.00 bits per heavy atom. The Labute approximate surface area is 129 Å². The van der Waals surface area contributed by atoms with Crippen molar-refractivity contribution < 1.29 is 18.0 Å². The lowest BCUT2D eigenvalue weighted by atomic mass is 10.2. The SMILES string of the molecule is O=C(Nc1c(Br)cccc1Br)c1cc(F)c(F)c(F)c1. The maximum absolute atomic E-state index is 13.1. The first-order valence-electron chi connectivity index (χ1n) is 5.30. The molecule has 0 fully saturated rings. The smallest absolute Gasteiger partial charge is 0.255 e. The van der Waals surface area contributed by atoms with Gasteiger partial charge in [-0.15, -0.1) is 0 Å². The highest BCUT2D eigenvalue weighted by atomic mass is 79.9. The molecule has 0 unspecified atom stereocenters. The van der Waals surface area contributed by atoms with E-state index in [4.69, 9.17) is 0 Å². The van der Waals surface area contributed by atoms with Crippen molar-refractivity contribution in [2.24, 2.45) is 0 Å². The minimum absolute atomic E-state index is 0.316. The first kappa shape index (κ1) is 15.1. The van der Waals surface area contributed by atoms with Crippen molar-refractivity contribution in [2.75, 3.05) is 5.32 Å². The molecule has 1 amide bonds. The Bertz CT molecular complexity index is 648. The summed E-state index contributed by atoms with van der Waals surface area (Å²) >= 11 is 6.47. The lowest BCUT2D eigenvalue weighted by Gasteiger charge is -2.10. The second-order valence-electron chi connectivity index (χ2n) is 3.80. The normalized spacial score (nSPS) is 10.4. The average Bonchev–Trinajstić information content (AvgIpc) is 2.39. The van der Waals surface area contributed by atoms with Crippen LogP contribution in [0.15, 0.2) is 39.3 Å². The van der Waals surface area contributed by atoms with Crippen molar-refractivity contribution in [3.8, 4) is 0 Å². The molecular formula is C13H6Br2F3NO. The monoisotopic (exact) mass is 407 g/mol. The van der Waals surface area contributed by atoms with Gasteiger partial charge in [0.1, 0.15) is 0 Å². The summed E-state index contributed by atoms with van der Waals surface area (Å²) in [5, 5.41) is 2.48. The van der Waals surface area contributed by atoms with Crippen LogP contribution in [-0.2, 0) is 0 Å². The van der Waals surface area contributed by atoms with Gasteiger partial charge in [0, 0.05) is 14.5 Å².